The van der Waals surface area contributed by atoms with Gasteiger partial charge in [0.25, 0.3) is 0 Å². The largest absolute Gasteiger partial charge is 0.362 e. The summed E-state index contributed by atoms with van der Waals surface area (Å²) >= 11 is 0. The molecule has 0 spiro atoms. The zero-order chi connectivity index (χ0) is 25.9. The fourth-order valence-corrected chi connectivity index (χ4v) is 5.96. The molecule has 0 bridgehead atoms. The predicted molar refractivity (Wildman–Crippen MR) is 164 cm³/mol. The number of para-hydroxylation sites is 2. The molecule has 38 heavy (non-hydrogen) atoms. The molecule has 0 saturated carbocycles. The molecule has 1 aliphatic carbocycles. The van der Waals surface area contributed by atoms with Crippen LogP contribution in [-0.4, -0.2) is 11.1 Å². The Labute approximate surface area is 226 Å². The van der Waals surface area contributed by atoms with Gasteiger partial charge in [-0.05, 0) is 60.2 Å². The first-order valence-electron chi connectivity index (χ1n) is 13.6. The van der Waals surface area contributed by atoms with Crippen LogP contribution in [0.2, 0.25) is 0 Å². The number of aryl methyl sites for hydroxylation is 2. The molecule has 4 aromatic rings. The number of allylic oxidation sites excluding steroid dienone is 5. The summed E-state index contributed by atoms with van der Waals surface area (Å²) in [4.78, 5) is 2.52. The maximum Gasteiger partial charge on any atom is 0.0491 e. The third kappa shape index (κ3) is 4.48. The van der Waals surface area contributed by atoms with Gasteiger partial charge < -0.3 is 9.47 Å². The quantitative estimate of drug-likeness (QED) is 0.249. The molecule has 0 amide bonds. The van der Waals surface area contributed by atoms with E-state index in [9.17, 15) is 0 Å². The Morgan fingerprint density at radius 3 is 2.53 bits per heavy atom. The first-order chi connectivity index (χ1) is 18.8. The van der Waals surface area contributed by atoms with Gasteiger partial charge in [0.15, 0.2) is 0 Å². The minimum absolute atomic E-state index is 0.908. The van der Waals surface area contributed by atoms with Gasteiger partial charge in [-0.1, -0.05) is 104 Å². The van der Waals surface area contributed by atoms with Crippen molar-refractivity contribution in [3.8, 4) is 0 Å². The van der Waals surface area contributed by atoms with Crippen molar-refractivity contribution in [3.63, 3.8) is 0 Å². The summed E-state index contributed by atoms with van der Waals surface area (Å²) in [6.07, 6.45) is 17.2. The van der Waals surface area contributed by atoms with Crippen molar-refractivity contribution in [2.24, 2.45) is 0 Å². The van der Waals surface area contributed by atoms with E-state index in [2.05, 4.69) is 132 Å². The molecule has 0 atom stereocenters. The van der Waals surface area contributed by atoms with Gasteiger partial charge in [-0.3, -0.25) is 0 Å². The van der Waals surface area contributed by atoms with Crippen LogP contribution in [0, 0.1) is 0 Å². The van der Waals surface area contributed by atoms with Crippen LogP contribution in [0.5, 0.6) is 0 Å². The minimum atomic E-state index is 0.908. The molecule has 0 radical (unpaired) electrons. The minimum Gasteiger partial charge on any atom is -0.362 e. The highest BCUT2D eigenvalue weighted by Gasteiger charge is 2.23. The van der Waals surface area contributed by atoms with E-state index < -0.39 is 0 Å². The molecular weight excluding hydrogens is 460 g/mol. The molecule has 2 heteroatoms. The Morgan fingerprint density at radius 1 is 0.895 bits per heavy atom. The van der Waals surface area contributed by atoms with Gasteiger partial charge in [0.05, 0.1) is 0 Å². The molecule has 2 heterocycles. The van der Waals surface area contributed by atoms with Gasteiger partial charge in [0.1, 0.15) is 0 Å². The topological polar surface area (TPSA) is 8.17 Å². The molecule has 0 N–H and O–H groups in total. The van der Waals surface area contributed by atoms with Crippen molar-refractivity contribution < 1.29 is 0 Å². The first kappa shape index (κ1) is 24.1. The van der Waals surface area contributed by atoms with Crippen molar-refractivity contribution in [2.75, 3.05) is 11.4 Å². The van der Waals surface area contributed by atoms with Crippen molar-refractivity contribution in [2.45, 2.75) is 32.9 Å². The number of anilines is 1. The lowest BCUT2D eigenvalue weighted by Gasteiger charge is -2.33. The smallest absolute Gasteiger partial charge is 0.0491 e. The fourth-order valence-electron chi connectivity index (χ4n) is 5.96. The Hall–Kier alpha value is -4.30. The molecule has 2 nitrogen and oxygen atoms in total. The Kier molecular flexibility index (Phi) is 6.71. The highest BCUT2D eigenvalue weighted by atomic mass is 15.1. The van der Waals surface area contributed by atoms with Crippen LogP contribution in [0.4, 0.5) is 5.69 Å². The second-order valence-corrected chi connectivity index (χ2v) is 10.1. The van der Waals surface area contributed by atoms with Crippen LogP contribution in [0.3, 0.4) is 0 Å². The molecular formula is C36H34N2. The summed E-state index contributed by atoms with van der Waals surface area (Å²) in [5, 5.41) is 1.29. The van der Waals surface area contributed by atoms with Crippen LogP contribution in [0.25, 0.3) is 28.6 Å². The lowest BCUT2D eigenvalue weighted by molar-refractivity contribution is 0.716. The highest BCUT2D eigenvalue weighted by Crippen LogP contribution is 2.38. The van der Waals surface area contributed by atoms with E-state index in [1.165, 1.54) is 55.7 Å². The van der Waals surface area contributed by atoms with Gasteiger partial charge in [-0.15, -0.1) is 0 Å². The molecule has 1 aliphatic heterocycles. The van der Waals surface area contributed by atoms with E-state index in [0.717, 1.165) is 32.5 Å². The third-order valence-electron chi connectivity index (χ3n) is 7.78. The van der Waals surface area contributed by atoms with Gasteiger partial charge in [-0.25, -0.2) is 0 Å². The van der Waals surface area contributed by atoms with E-state index in [1.807, 2.05) is 6.08 Å². The molecule has 1 aromatic heterocycles. The summed E-state index contributed by atoms with van der Waals surface area (Å²) in [6.45, 7) is 8.98. The van der Waals surface area contributed by atoms with E-state index >= 15 is 0 Å². The van der Waals surface area contributed by atoms with Crippen molar-refractivity contribution in [1.29, 1.82) is 0 Å². The molecule has 0 saturated heterocycles. The summed E-state index contributed by atoms with van der Waals surface area (Å²) in [5.74, 6) is 0. The van der Waals surface area contributed by atoms with Crippen LogP contribution < -0.4 is 4.90 Å². The average molecular weight is 495 g/mol. The Bertz CT molecular complexity index is 1610. The molecule has 2 aliphatic rings. The van der Waals surface area contributed by atoms with Crippen LogP contribution >= 0.6 is 0 Å². The zero-order valence-electron chi connectivity index (χ0n) is 22.1. The second kappa shape index (κ2) is 10.6. The number of fused-ring (bicyclic) bond motifs is 3. The van der Waals surface area contributed by atoms with Crippen LogP contribution in [0.15, 0.2) is 115 Å². The lowest BCUT2D eigenvalue weighted by Crippen LogP contribution is -2.29. The predicted octanol–water partition coefficient (Wildman–Crippen LogP) is 8.85. The van der Waals surface area contributed by atoms with Gasteiger partial charge in [-0.2, -0.15) is 0 Å². The maximum absolute atomic E-state index is 4.13. The Balaban J connectivity index is 1.20. The maximum atomic E-state index is 4.13. The first-order valence-corrected chi connectivity index (χ1v) is 13.6. The number of rotatable bonds is 7. The van der Waals surface area contributed by atoms with Crippen molar-refractivity contribution >= 4 is 34.3 Å². The summed E-state index contributed by atoms with van der Waals surface area (Å²) in [7, 11) is 0. The van der Waals surface area contributed by atoms with Crippen molar-refractivity contribution in [1.82, 2.24) is 4.57 Å². The second-order valence-electron chi connectivity index (χ2n) is 10.1. The van der Waals surface area contributed by atoms with Crippen LogP contribution in [0.1, 0.15) is 41.3 Å². The Morgan fingerprint density at radius 2 is 1.68 bits per heavy atom. The van der Waals surface area contributed by atoms with Crippen molar-refractivity contribution in [3.05, 3.63) is 143 Å². The standard InChI is InChI=1S/C36H34N2/c1-3-12-31-33-16-9-11-18-36(33)38(34(31)4-2)24-23-27-19-21-28(22-20-27)25-37-26-29-13-6-5-7-14-30(29)32-15-8-10-17-35(32)37/h3-13,15-22H,2,14,23-26H2,1H3/b12-3-. The number of hydrogen-bond donors (Lipinski definition) is 0. The average Bonchev–Trinajstić information content (AvgIpc) is 3.08. The normalized spacial score (nSPS) is 14.7. The third-order valence-corrected chi connectivity index (χ3v) is 7.78. The number of hydrogen-bond acceptors (Lipinski definition) is 1. The highest BCUT2D eigenvalue weighted by molar-refractivity contribution is 5.94. The van der Waals surface area contributed by atoms with E-state index in [-0.39, 0.29) is 0 Å². The summed E-state index contributed by atoms with van der Waals surface area (Å²) < 4.78 is 2.41. The van der Waals surface area contributed by atoms with Crippen LogP contribution in [-0.2, 0) is 19.5 Å². The zero-order valence-corrected chi connectivity index (χ0v) is 22.1. The van der Waals surface area contributed by atoms with Gasteiger partial charge in [0, 0.05) is 53.0 Å². The van der Waals surface area contributed by atoms with E-state index in [4.69, 9.17) is 0 Å². The monoisotopic (exact) mass is 494 g/mol. The summed E-state index contributed by atoms with van der Waals surface area (Å²) in [5.41, 5.74) is 12.0. The fraction of sp³-hybridized carbons (Fsp3) is 0.167. The molecule has 0 fully saturated rings. The lowest BCUT2D eigenvalue weighted by atomic mass is 9.91. The molecule has 188 valence electrons. The van der Waals surface area contributed by atoms with E-state index in [1.54, 1.807) is 0 Å². The number of benzene rings is 3. The molecule has 0 unspecified atom stereocenters. The molecule has 3 aromatic carbocycles. The SMILES string of the molecule is C=Cc1c(/C=C\C)c2ccccc2n1CCc1ccc(CN2CC3=C(CC=CC=C3)c3ccccc32)cc1. The number of nitrogens with zero attached hydrogens (tertiary/aromatic N) is 2. The number of aromatic nitrogens is 1. The van der Waals surface area contributed by atoms with Gasteiger partial charge >= 0.3 is 0 Å². The van der Waals surface area contributed by atoms with E-state index in [0.29, 0.717) is 0 Å². The van der Waals surface area contributed by atoms with Gasteiger partial charge in [0.2, 0.25) is 0 Å². The molecule has 6 rings (SSSR count). The summed E-state index contributed by atoms with van der Waals surface area (Å²) in [6, 6.07) is 26.8.